The van der Waals surface area contributed by atoms with Crippen molar-refractivity contribution in [1.82, 2.24) is 15.0 Å². The number of fused-ring (bicyclic) bond motifs is 3. The monoisotopic (exact) mass is 415 g/mol. The molecule has 0 saturated carbocycles. The minimum atomic E-state index is 0.168. The summed E-state index contributed by atoms with van der Waals surface area (Å²) < 4.78 is 0. The Morgan fingerprint density at radius 2 is 1.59 bits per heavy atom. The van der Waals surface area contributed by atoms with Gasteiger partial charge >= 0.3 is 0 Å². The zero-order valence-electron chi connectivity index (χ0n) is 17.7. The highest BCUT2D eigenvalue weighted by molar-refractivity contribution is 6.13. The molecule has 1 atom stereocenters. The number of amidine groups is 1. The standard InChI is InChI=1S/C27H21N5/c1-2-22-19-11-5-6-12-20(19)25(29-22)31-26-21-13-7-8-14-23(21)30-27(32-26)24-18-10-4-3-9-17(18)15-16-28-24/h3-16,22H,2H2,1H3,(H,29,30,31,32). The molecular weight excluding hydrogens is 394 g/mol. The average Bonchev–Trinajstić information content (AvgIpc) is 3.21. The highest BCUT2D eigenvalue weighted by Gasteiger charge is 2.24. The Kier molecular flexibility index (Phi) is 4.39. The van der Waals surface area contributed by atoms with Crippen LogP contribution in [0.2, 0.25) is 0 Å². The molecule has 5 nitrogen and oxygen atoms in total. The number of aromatic nitrogens is 3. The molecule has 32 heavy (non-hydrogen) atoms. The van der Waals surface area contributed by atoms with E-state index in [1.165, 1.54) is 5.56 Å². The van der Waals surface area contributed by atoms with E-state index in [4.69, 9.17) is 15.0 Å². The number of hydrogen-bond donors (Lipinski definition) is 1. The summed E-state index contributed by atoms with van der Waals surface area (Å²) in [6, 6.07) is 26.8. The van der Waals surface area contributed by atoms with E-state index in [0.29, 0.717) is 5.82 Å². The Balaban J connectivity index is 1.52. The lowest BCUT2D eigenvalue weighted by Crippen LogP contribution is -2.14. The van der Waals surface area contributed by atoms with Gasteiger partial charge in [-0.25, -0.2) is 9.97 Å². The first-order chi connectivity index (χ1) is 15.8. The Labute approximate surface area is 185 Å². The van der Waals surface area contributed by atoms with Crippen molar-refractivity contribution in [3.63, 3.8) is 0 Å². The Morgan fingerprint density at radius 1 is 0.812 bits per heavy atom. The molecule has 0 spiro atoms. The molecular formula is C27H21N5. The maximum atomic E-state index is 4.96. The van der Waals surface area contributed by atoms with Crippen molar-refractivity contribution in [3.8, 4) is 11.5 Å². The summed E-state index contributed by atoms with van der Waals surface area (Å²) in [6.07, 6.45) is 2.77. The summed E-state index contributed by atoms with van der Waals surface area (Å²) >= 11 is 0. The molecule has 1 aliphatic heterocycles. The third kappa shape index (κ3) is 3.02. The highest BCUT2D eigenvalue weighted by Crippen LogP contribution is 2.34. The topological polar surface area (TPSA) is 63.1 Å². The predicted molar refractivity (Wildman–Crippen MR) is 130 cm³/mol. The Morgan fingerprint density at radius 3 is 2.50 bits per heavy atom. The lowest BCUT2D eigenvalue weighted by molar-refractivity contribution is 0.716. The van der Waals surface area contributed by atoms with Gasteiger partial charge in [-0.15, -0.1) is 0 Å². The van der Waals surface area contributed by atoms with Gasteiger partial charge in [0, 0.05) is 22.5 Å². The first-order valence-corrected chi connectivity index (χ1v) is 10.9. The second-order valence-electron chi connectivity index (χ2n) is 7.91. The minimum absolute atomic E-state index is 0.168. The van der Waals surface area contributed by atoms with Crippen molar-refractivity contribution in [3.05, 3.63) is 96.2 Å². The van der Waals surface area contributed by atoms with Gasteiger partial charge < -0.3 is 5.32 Å². The molecule has 5 heteroatoms. The summed E-state index contributed by atoms with van der Waals surface area (Å²) in [5.74, 6) is 2.20. The number of anilines is 1. The van der Waals surface area contributed by atoms with Gasteiger partial charge in [0.05, 0.1) is 11.6 Å². The Hall–Kier alpha value is -4.12. The largest absolute Gasteiger partial charge is 0.324 e. The Bertz CT molecular complexity index is 1500. The number of hydrogen-bond acceptors (Lipinski definition) is 5. The van der Waals surface area contributed by atoms with Gasteiger partial charge in [-0.3, -0.25) is 9.98 Å². The van der Waals surface area contributed by atoms with Crippen LogP contribution in [0.25, 0.3) is 33.2 Å². The van der Waals surface area contributed by atoms with Gasteiger partial charge in [0.1, 0.15) is 17.3 Å². The van der Waals surface area contributed by atoms with Crippen LogP contribution in [0.3, 0.4) is 0 Å². The van der Waals surface area contributed by atoms with E-state index in [1.807, 2.05) is 48.7 Å². The van der Waals surface area contributed by atoms with Crippen molar-refractivity contribution in [2.45, 2.75) is 19.4 Å². The first kappa shape index (κ1) is 18.6. The van der Waals surface area contributed by atoms with Crippen molar-refractivity contribution >= 4 is 33.3 Å². The van der Waals surface area contributed by atoms with E-state index in [0.717, 1.165) is 51.0 Å². The van der Waals surface area contributed by atoms with Crippen LogP contribution in [0.1, 0.15) is 30.5 Å². The SMILES string of the molecule is CCC1N=C(Nc2nc(-c3nccc4ccccc34)nc3ccccc23)c2ccccc21. The van der Waals surface area contributed by atoms with Gasteiger partial charge in [-0.2, -0.15) is 0 Å². The van der Waals surface area contributed by atoms with Crippen molar-refractivity contribution < 1.29 is 0 Å². The van der Waals surface area contributed by atoms with E-state index < -0.39 is 0 Å². The number of pyridine rings is 1. The maximum absolute atomic E-state index is 4.96. The van der Waals surface area contributed by atoms with Crippen LogP contribution in [-0.4, -0.2) is 20.8 Å². The molecule has 0 aliphatic carbocycles. The fourth-order valence-electron chi connectivity index (χ4n) is 4.40. The smallest absolute Gasteiger partial charge is 0.181 e. The lowest BCUT2D eigenvalue weighted by Gasteiger charge is -2.12. The molecule has 5 aromatic rings. The van der Waals surface area contributed by atoms with Crippen LogP contribution >= 0.6 is 0 Å². The molecule has 3 heterocycles. The lowest BCUT2D eigenvalue weighted by atomic mass is 10.0. The van der Waals surface area contributed by atoms with Gasteiger partial charge in [-0.1, -0.05) is 67.6 Å². The molecule has 6 rings (SSSR count). The molecule has 3 aromatic carbocycles. The van der Waals surface area contributed by atoms with E-state index in [-0.39, 0.29) is 6.04 Å². The van der Waals surface area contributed by atoms with Gasteiger partial charge in [-0.05, 0) is 35.6 Å². The van der Waals surface area contributed by atoms with Gasteiger partial charge in [0.25, 0.3) is 0 Å². The van der Waals surface area contributed by atoms with Crippen LogP contribution in [0.15, 0.2) is 90.1 Å². The summed E-state index contributed by atoms with van der Waals surface area (Å²) in [6.45, 7) is 2.16. The minimum Gasteiger partial charge on any atom is -0.324 e. The van der Waals surface area contributed by atoms with E-state index in [2.05, 4.69) is 53.6 Å². The molecule has 1 N–H and O–H groups in total. The molecule has 1 unspecified atom stereocenters. The molecule has 0 fully saturated rings. The number of nitrogens with one attached hydrogen (secondary N) is 1. The normalized spacial score (nSPS) is 15.0. The van der Waals surface area contributed by atoms with E-state index in [1.54, 1.807) is 0 Å². The second kappa shape index (κ2) is 7.54. The summed E-state index contributed by atoms with van der Waals surface area (Å²) in [4.78, 5) is 19.4. The third-order valence-corrected chi connectivity index (χ3v) is 5.97. The van der Waals surface area contributed by atoms with Crippen LogP contribution < -0.4 is 5.32 Å². The van der Waals surface area contributed by atoms with Gasteiger partial charge in [0.15, 0.2) is 5.82 Å². The molecule has 2 aromatic heterocycles. The van der Waals surface area contributed by atoms with Crippen molar-refractivity contribution in [2.75, 3.05) is 5.32 Å². The molecule has 0 radical (unpaired) electrons. The predicted octanol–water partition coefficient (Wildman–Crippen LogP) is 6.17. The zero-order valence-corrected chi connectivity index (χ0v) is 17.7. The molecule has 0 saturated heterocycles. The molecule has 1 aliphatic rings. The number of nitrogens with zero attached hydrogens (tertiary/aromatic N) is 4. The van der Waals surface area contributed by atoms with Crippen LogP contribution in [0, 0.1) is 0 Å². The zero-order chi connectivity index (χ0) is 21.5. The second-order valence-corrected chi connectivity index (χ2v) is 7.91. The van der Waals surface area contributed by atoms with Gasteiger partial charge in [0.2, 0.25) is 0 Å². The van der Waals surface area contributed by atoms with E-state index >= 15 is 0 Å². The highest BCUT2D eigenvalue weighted by atomic mass is 15.1. The number of rotatable bonds is 3. The van der Waals surface area contributed by atoms with Crippen LogP contribution in [-0.2, 0) is 0 Å². The molecule has 154 valence electrons. The van der Waals surface area contributed by atoms with Crippen LogP contribution in [0.4, 0.5) is 5.82 Å². The fourth-order valence-corrected chi connectivity index (χ4v) is 4.40. The van der Waals surface area contributed by atoms with Crippen molar-refractivity contribution in [2.24, 2.45) is 4.99 Å². The van der Waals surface area contributed by atoms with Crippen molar-refractivity contribution in [1.29, 1.82) is 0 Å². The number of benzene rings is 3. The quantitative estimate of drug-likeness (QED) is 0.383. The fraction of sp³-hybridized carbons (Fsp3) is 0.111. The summed E-state index contributed by atoms with van der Waals surface area (Å²) in [5.41, 5.74) is 4.03. The van der Waals surface area contributed by atoms with E-state index in [9.17, 15) is 0 Å². The third-order valence-electron chi connectivity index (χ3n) is 5.97. The number of para-hydroxylation sites is 1. The summed E-state index contributed by atoms with van der Waals surface area (Å²) in [5, 5.41) is 6.64. The summed E-state index contributed by atoms with van der Waals surface area (Å²) in [7, 11) is 0. The average molecular weight is 416 g/mol. The molecule has 0 amide bonds. The first-order valence-electron chi connectivity index (χ1n) is 10.9. The maximum Gasteiger partial charge on any atom is 0.181 e. The number of aliphatic imine (C=N–C) groups is 1. The van der Waals surface area contributed by atoms with Crippen LogP contribution in [0.5, 0.6) is 0 Å². The molecule has 0 bridgehead atoms.